The van der Waals surface area contributed by atoms with Crippen molar-refractivity contribution in [1.29, 1.82) is 0 Å². The van der Waals surface area contributed by atoms with Crippen LogP contribution < -0.4 is 4.90 Å². The predicted molar refractivity (Wildman–Crippen MR) is 205 cm³/mol. The number of benzene rings is 8. The van der Waals surface area contributed by atoms with Gasteiger partial charge in [-0.1, -0.05) is 145 Å². The first kappa shape index (κ1) is 28.2. The van der Waals surface area contributed by atoms with Gasteiger partial charge in [-0.15, -0.1) is 0 Å². The van der Waals surface area contributed by atoms with Gasteiger partial charge >= 0.3 is 0 Å². The van der Waals surface area contributed by atoms with E-state index in [9.17, 15) is 0 Å². The van der Waals surface area contributed by atoms with E-state index in [1.54, 1.807) is 0 Å². The molecule has 230 valence electrons. The van der Waals surface area contributed by atoms with Crippen LogP contribution in [-0.4, -0.2) is 0 Å². The molecular formula is C47H31NS. The largest absolute Gasteiger partial charge is 0.311 e. The van der Waals surface area contributed by atoms with Crippen molar-refractivity contribution < 1.29 is 0 Å². The zero-order valence-corrected chi connectivity index (χ0v) is 27.6. The van der Waals surface area contributed by atoms with Crippen molar-refractivity contribution in [1.82, 2.24) is 0 Å². The second-order valence-electron chi connectivity index (χ2n) is 12.9. The van der Waals surface area contributed by atoms with E-state index in [-0.39, 0.29) is 0 Å². The minimum Gasteiger partial charge on any atom is -0.311 e. The highest BCUT2D eigenvalue weighted by Gasteiger charge is 2.51. The van der Waals surface area contributed by atoms with E-state index >= 15 is 0 Å². The molecule has 0 saturated carbocycles. The highest BCUT2D eigenvalue weighted by molar-refractivity contribution is 7.99. The van der Waals surface area contributed by atoms with E-state index < -0.39 is 5.41 Å². The quantitative estimate of drug-likeness (QED) is 0.188. The molecule has 0 atom stereocenters. The number of para-hydroxylation sites is 2. The fourth-order valence-corrected chi connectivity index (χ4v) is 9.46. The van der Waals surface area contributed by atoms with Crippen LogP contribution in [0.25, 0.3) is 33.0 Å². The van der Waals surface area contributed by atoms with Gasteiger partial charge in [0.05, 0.1) is 5.41 Å². The van der Waals surface area contributed by atoms with Crippen molar-refractivity contribution in [3.05, 3.63) is 210 Å². The third-order valence-corrected chi connectivity index (χ3v) is 11.4. The lowest BCUT2D eigenvalue weighted by Gasteiger charge is -2.40. The summed E-state index contributed by atoms with van der Waals surface area (Å²) in [5, 5.41) is 2.60. The van der Waals surface area contributed by atoms with Gasteiger partial charge < -0.3 is 4.90 Å². The van der Waals surface area contributed by atoms with E-state index in [0.29, 0.717) is 0 Å². The van der Waals surface area contributed by atoms with Crippen molar-refractivity contribution in [3.8, 4) is 22.3 Å². The summed E-state index contributed by atoms with van der Waals surface area (Å²) in [6.45, 7) is 0. The lowest BCUT2D eigenvalue weighted by atomic mass is 9.66. The first-order valence-electron chi connectivity index (χ1n) is 16.9. The van der Waals surface area contributed by atoms with Crippen LogP contribution in [0.3, 0.4) is 0 Å². The highest BCUT2D eigenvalue weighted by atomic mass is 32.2. The Morgan fingerprint density at radius 1 is 0.388 bits per heavy atom. The summed E-state index contributed by atoms with van der Waals surface area (Å²) in [4.78, 5) is 4.96. The van der Waals surface area contributed by atoms with Gasteiger partial charge in [-0.3, -0.25) is 0 Å². The van der Waals surface area contributed by atoms with E-state index in [0.717, 1.165) is 17.1 Å². The van der Waals surface area contributed by atoms with Crippen molar-refractivity contribution in [2.75, 3.05) is 4.90 Å². The summed E-state index contributed by atoms with van der Waals surface area (Å²) in [7, 11) is 0. The van der Waals surface area contributed by atoms with Crippen LogP contribution in [-0.2, 0) is 5.41 Å². The number of fused-ring (bicyclic) bond motifs is 11. The second kappa shape index (κ2) is 11.1. The van der Waals surface area contributed by atoms with Gasteiger partial charge in [0, 0.05) is 26.9 Å². The van der Waals surface area contributed by atoms with Gasteiger partial charge in [0.25, 0.3) is 0 Å². The molecule has 8 aromatic carbocycles. The van der Waals surface area contributed by atoms with Crippen LogP contribution in [0.15, 0.2) is 198 Å². The summed E-state index contributed by atoms with van der Waals surface area (Å²) >= 11 is 1.91. The average Bonchev–Trinajstić information content (AvgIpc) is 3.46. The molecule has 2 aliphatic rings. The molecule has 8 aromatic rings. The molecule has 1 aliphatic heterocycles. The summed E-state index contributed by atoms with van der Waals surface area (Å²) in [5.41, 5.74) is 13.5. The monoisotopic (exact) mass is 641 g/mol. The minimum absolute atomic E-state index is 0.433. The van der Waals surface area contributed by atoms with Gasteiger partial charge in [-0.05, 0) is 110 Å². The first-order valence-corrected chi connectivity index (χ1v) is 17.7. The molecule has 0 aromatic heterocycles. The molecule has 0 unspecified atom stereocenters. The van der Waals surface area contributed by atoms with Gasteiger partial charge in [-0.2, -0.15) is 0 Å². The number of hydrogen-bond donors (Lipinski definition) is 0. The first-order chi connectivity index (χ1) is 24.3. The van der Waals surface area contributed by atoms with Crippen molar-refractivity contribution in [2.24, 2.45) is 0 Å². The highest BCUT2D eigenvalue weighted by Crippen LogP contribution is 2.63. The maximum Gasteiger partial charge on any atom is 0.0741 e. The average molecular weight is 642 g/mol. The number of anilines is 3. The maximum atomic E-state index is 2.48. The van der Waals surface area contributed by atoms with Crippen LogP contribution in [0.2, 0.25) is 0 Å². The van der Waals surface area contributed by atoms with Crippen LogP contribution >= 0.6 is 11.8 Å². The Kier molecular flexibility index (Phi) is 6.40. The van der Waals surface area contributed by atoms with Crippen LogP contribution in [0.1, 0.15) is 22.3 Å². The van der Waals surface area contributed by atoms with Crippen LogP contribution in [0.5, 0.6) is 0 Å². The Bertz CT molecular complexity index is 2430. The molecule has 0 fully saturated rings. The number of hydrogen-bond acceptors (Lipinski definition) is 2. The second-order valence-corrected chi connectivity index (χ2v) is 14.0. The van der Waals surface area contributed by atoms with Gasteiger partial charge in [0.2, 0.25) is 0 Å². The molecule has 0 radical (unpaired) electrons. The molecule has 1 heterocycles. The molecule has 10 rings (SSSR count). The van der Waals surface area contributed by atoms with Gasteiger partial charge in [-0.25, -0.2) is 0 Å². The molecule has 0 saturated heterocycles. The summed E-state index contributed by atoms with van der Waals surface area (Å²) in [6, 6.07) is 69.1. The molecule has 0 N–H and O–H groups in total. The number of nitrogens with zero attached hydrogens (tertiary/aromatic N) is 1. The Labute approximate surface area is 291 Å². The Balaban J connectivity index is 1.18. The summed E-state index contributed by atoms with van der Waals surface area (Å²) in [6.07, 6.45) is 0. The van der Waals surface area contributed by atoms with Crippen molar-refractivity contribution in [2.45, 2.75) is 15.2 Å². The zero-order valence-electron chi connectivity index (χ0n) is 26.8. The third-order valence-electron chi connectivity index (χ3n) is 10.3. The van der Waals surface area contributed by atoms with Gasteiger partial charge in [0.1, 0.15) is 0 Å². The molecule has 1 nitrogen and oxygen atoms in total. The molecule has 1 aliphatic carbocycles. The van der Waals surface area contributed by atoms with E-state index in [1.165, 1.54) is 65.1 Å². The molecular weight excluding hydrogens is 611 g/mol. The predicted octanol–water partition coefficient (Wildman–Crippen LogP) is 12.8. The molecule has 49 heavy (non-hydrogen) atoms. The zero-order chi connectivity index (χ0) is 32.4. The lowest BCUT2D eigenvalue weighted by molar-refractivity contribution is 0.731. The standard InChI is InChI=1S/C47H31NS/c1-3-14-35(15-4-1)48(36-16-5-2-6-17-36)37-27-23-32(24-28-37)34-26-29-44-43(31-34)47(46-38-18-8-7-13-33(38)25-30-45(46)49-44)41-21-11-9-19-39(41)40-20-10-12-22-42(40)47/h1-31H. The summed E-state index contributed by atoms with van der Waals surface area (Å²) < 4.78 is 0. The molecule has 1 spiro atoms. The molecule has 0 amide bonds. The SMILES string of the molecule is c1ccc(N(c2ccccc2)c2ccc(-c3ccc4c(c3)C3(c5ccccc5-c5ccccc53)c3c(ccc5ccccc35)S4)cc2)cc1. The van der Waals surface area contributed by atoms with E-state index in [2.05, 4.69) is 193 Å². The minimum atomic E-state index is -0.433. The van der Waals surface area contributed by atoms with Crippen molar-refractivity contribution in [3.63, 3.8) is 0 Å². The van der Waals surface area contributed by atoms with Crippen LogP contribution in [0, 0.1) is 0 Å². The Morgan fingerprint density at radius 3 is 1.59 bits per heavy atom. The summed E-state index contributed by atoms with van der Waals surface area (Å²) in [5.74, 6) is 0. The normalized spacial score (nSPS) is 13.4. The van der Waals surface area contributed by atoms with Crippen LogP contribution in [0.4, 0.5) is 17.1 Å². The fraction of sp³-hybridized carbons (Fsp3) is 0.0213. The van der Waals surface area contributed by atoms with Gasteiger partial charge in [0.15, 0.2) is 0 Å². The van der Waals surface area contributed by atoms with E-state index in [1.807, 2.05) is 11.8 Å². The lowest BCUT2D eigenvalue weighted by Crippen LogP contribution is -2.32. The smallest absolute Gasteiger partial charge is 0.0741 e. The molecule has 0 bridgehead atoms. The third kappa shape index (κ3) is 4.21. The van der Waals surface area contributed by atoms with E-state index in [4.69, 9.17) is 0 Å². The van der Waals surface area contributed by atoms with Crippen molar-refractivity contribution >= 4 is 39.6 Å². The maximum absolute atomic E-state index is 2.48. The molecule has 2 heteroatoms. The number of rotatable bonds is 4. The Hall–Kier alpha value is -5.83. The topological polar surface area (TPSA) is 3.24 Å². The Morgan fingerprint density at radius 2 is 0.918 bits per heavy atom. The fourth-order valence-electron chi connectivity index (χ4n) is 8.27.